The maximum absolute atomic E-state index is 10.2. The van der Waals surface area contributed by atoms with Gasteiger partial charge in [0.15, 0.2) is 6.29 Å². The fraction of sp³-hybridized carbons (Fsp3) is 0.200. The zero-order valence-corrected chi connectivity index (χ0v) is 5.72. The average Bonchev–Trinajstić information content (AvgIpc) is 2.31. The second-order valence-corrected chi connectivity index (χ2v) is 1.93. The average molecular weight is 155 g/mol. The quantitative estimate of drug-likeness (QED) is 0.345. The third-order valence-corrected chi connectivity index (χ3v) is 1.21. The molecule has 0 N–H and O–H groups in total. The van der Waals surface area contributed by atoms with Gasteiger partial charge >= 0.3 is 5.82 Å². The second-order valence-electron chi connectivity index (χ2n) is 1.93. The summed E-state index contributed by atoms with van der Waals surface area (Å²) in [6, 6.07) is 1.12. The number of aldehydes is 1. The number of carbonyl (C=O) groups excluding carboxylic acids is 1. The van der Waals surface area contributed by atoms with Gasteiger partial charge in [0.05, 0.1) is 18.2 Å². The molecular weight excluding hydrogens is 150 g/mol. The molecule has 1 heterocycles. The Hall–Kier alpha value is -1.72. The minimum Gasteiger partial charge on any atom is -0.358 e. The Morgan fingerprint density at radius 1 is 1.82 bits per heavy atom. The number of aromatic nitrogens is 2. The fourth-order valence-electron chi connectivity index (χ4n) is 0.665. The lowest BCUT2D eigenvalue weighted by atomic mass is 10.4. The highest BCUT2D eigenvalue weighted by Crippen LogP contribution is 2.07. The number of hydrogen-bond acceptors (Lipinski definition) is 4. The smallest absolute Gasteiger partial charge is 0.358 e. The maximum Gasteiger partial charge on any atom is 0.390 e. The molecule has 0 spiro atoms. The highest BCUT2D eigenvalue weighted by molar-refractivity contribution is 5.73. The van der Waals surface area contributed by atoms with Crippen LogP contribution in [0.5, 0.6) is 0 Å². The summed E-state index contributed by atoms with van der Waals surface area (Å²) < 4.78 is 1.16. The number of carbonyl (C=O) groups is 1. The molecule has 0 amide bonds. The van der Waals surface area contributed by atoms with Gasteiger partial charge in [-0.25, -0.2) is 0 Å². The molecule has 0 aliphatic carbocycles. The van der Waals surface area contributed by atoms with Gasteiger partial charge in [0.2, 0.25) is 0 Å². The Bertz CT molecular complexity index is 304. The van der Waals surface area contributed by atoms with Crippen molar-refractivity contribution in [2.75, 3.05) is 0 Å². The van der Waals surface area contributed by atoms with E-state index in [0.717, 1.165) is 10.7 Å². The van der Waals surface area contributed by atoms with Crippen molar-refractivity contribution < 1.29 is 9.72 Å². The Balaban J connectivity index is 3.14. The summed E-state index contributed by atoms with van der Waals surface area (Å²) in [5.74, 6) is -0.311. The molecule has 58 valence electrons. The molecule has 0 bridgehead atoms. The van der Waals surface area contributed by atoms with Gasteiger partial charge in [0.25, 0.3) is 0 Å². The molecule has 0 aromatic carbocycles. The van der Waals surface area contributed by atoms with Crippen LogP contribution >= 0.6 is 0 Å². The molecule has 0 saturated heterocycles. The van der Waals surface area contributed by atoms with Crippen LogP contribution in [-0.2, 0) is 7.05 Å². The van der Waals surface area contributed by atoms with E-state index in [0.29, 0.717) is 6.29 Å². The Kier molecular flexibility index (Phi) is 1.67. The topological polar surface area (TPSA) is 78.0 Å². The SMILES string of the molecule is Cn1nc([N+](=O)[O-])cc1C=O. The number of nitro groups is 1. The molecule has 0 radical (unpaired) electrons. The van der Waals surface area contributed by atoms with E-state index in [9.17, 15) is 14.9 Å². The molecule has 1 aromatic heterocycles. The van der Waals surface area contributed by atoms with Crippen molar-refractivity contribution in [2.45, 2.75) is 0 Å². The first-order valence-corrected chi connectivity index (χ1v) is 2.78. The fourth-order valence-corrected chi connectivity index (χ4v) is 0.665. The predicted molar refractivity (Wildman–Crippen MR) is 35.2 cm³/mol. The summed E-state index contributed by atoms with van der Waals surface area (Å²) in [5.41, 5.74) is 0.191. The second kappa shape index (κ2) is 2.49. The minimum absolute atomic E-state index is 0.191. The van der Waals surface area contributed by atoms with Crippen molar-refractivity contribution in [2.24, 2.45) is 7.05 Å². The van der Waals surface area contributed by atoms with Crippen molar-refractivity contribution in [3.05, 3.63) is 21.9 Å². The third kappa shape index (κ3) is 1.23. The van der Waals surface area contributed by atoms with E-state index in [1.54, 1.807) is 0 Å². The van der Waals surface area contributed by atoms with Gasteiger partial charge in [-0.1, -0.05) is 0 Å². The Labute approximate surface area is 61.6 Å². The van der Waals surface area contributed by atoms with Crippen LogP contribution in [0.4, 0.5) is 5.82 Å². The van der Waals surface area contributed by atoms with Gasteiger partial charge in [-0.05, 0) is 4.92 Å². The van der Waals surface area contributed by atoms with Crippen LogP contribution in [0.3, 0.4) is 0 Å². The van der Waals surface area contributed by atoms with E-state index in [1.165, 1.54) is 7.05 Å². The minimum atomic E-state index is -0.646. The molecule has 0 aliphatic heterocycles. The van der Waals surface area contributed by atoms with Gasteiger partial charge < -0.3 is 10.1 Å². The van der Waals surface area contributed by atoms with Crippen molar-refractivity contribution in [1.29, 1.82) is 0 Å². The van der Waals surface area contributed by atoms with E-state index >= 15 is 0 Å². The highest BCUT2D eigenvalue weighted by atomic mass is 16.6. The zero-order chi connectivity index (χ0) is 8.43. The number of hydrogen-bond donors (Lipinski definition) is 0. The lowest BCUT2D eigenvalue weighted by Crippen LogP contribution is -1.96. The molecule has 0 aliphatic rings. The molecule has 1 aromatic rings. The summed E-state index contributed by atoms with van der Waals surface area (Å²) in [4.78, 5) is 19.6. The van der Waals surface area contributed by atoms with E-state index in [1.807, 2.05) is 0 Å². The van der Waals surface area contributed by atoms with Crippen LogP contribution in [0, 0.1) is 10.1 Å². The van der Waals surface area contributed by atoms with Gasteiger partial charge in [-0.2, -0.15) is 4.68 Å². The molecule has 0 saturated carbocycles. The van der Waals surface area contributed by atoms with Crippen LogP contribution in [-0.4, -0.2) is 21.0 Å². The first-order chi connectivity index (χ1) is 5.15. The van der Waals surface area contributed by atoms with Crippen LogP contribution in [0.1, 0.15) is 10.5 Å². The van der Waals surface area contributed by atoms with E-state index in [-0.39, 0.29) is 11.5 Å². The van der Waals surface area contributed by atoms with Crippen molar-refractivity contribution in [3.63, 3.8) is 0 Å². The predicted octanol–water partition coefficient (Wildman–Crippen LogP) is 0.141. The number of aryl methyl sites for hydroxylation is 1. The molecule has 6 heteroatoms. The molecule has 0 atom stereocenters. The van der Waals surface area contributed by atoms with Crippen LogP contribution in [0.2, 0.25) is 0 Å². The van der Waals surface area contributed by atoms with Gasteiger partial charge in [-0.3, -0.25) is 4.79 Å². The molecule has 0 unspecified atom stereocenters. The normalized spacial score (nSPS) is 9.55. The summed E-state index contributed by atoms with van der Waals surface area (Å²) in [5, 5.41) is 13.6. The maximum atomic E-state index is 10.2. The Morgan fingerprint density at radius 3 is 2.73 bits per heavy atom. The van der Waals surface area contributed by atoms with Crippen LogP contribution in [0.25, 0.3) is 0 Å². The van der Waals surface area contributed by atoms with Crippen molar-refractivity contribution in [1.82, 2.24) is 9.78 Å². The lowest BCUT2D eigenvalue weighted by molar-refractivity contribution is -0.389. The van der Waals surface area contributed by atoms with Gasteiger partial charge in [0.1, 0.15) is 5.69 Å². The first kappa shape index (κ1) is 7.39. The van der Waals surface area contributed by atoms with Crippen molar-refractivity contribution in [3.8, 4) is 0 Å². The summed E-state index contributed by atoms with van der Waals surface area (Å²) in [6.45, 7) is 0. The standard InChI is InChI=1S/C5H5N3O3/c1-7-4(3-9)2-5(6-7)8(10)11/h2-3H,1H3. The van der Waals surface area contributed by atoms with Crippen LogP contribution in [0.15, 0.2) is 6.07 Å². The van der Waals surface area contributed by atoms with Gasteiger partial charge in [0, 0.05) is 0 Å². The van der Waals surface area contributed by atoms with E-state index < -0.39 is 4.92 Å². The zero-order valence-electron chi connectivity index (χ0n) is 5.72. The molecule has 6 nitrogen and oxygen atoms in total. The van der Waals surface area contributed by atoms with E-state index in [2.05, 4.69) is 5.10 Å². The third-order valence-electron chi connectivity index (χ3n) is 1.21. The summed E-state index contributed by atoms with van der Waals surface area (Å²) >= 11 is 0. The highest BCUT2D eigenvalue weighted by Gasteiger charge is 2.13. The van der Waals surface area contributed by atoms with E-state index in [4.69, 9.17) is 0 Å². The summed E-state index contributed by atoms with van der Waals surface area (Å²) in [7, 11) is 1.47. The first-order valence-electron chi connectivity index (χ1n) is 2.78. The molecule has 11 heavy (non-hydrogen) atoms. The monoisotopic (exact) mass is 155 g/mol. The molecule has 1 rings (SSSR count). The summed E-state index contributed by atoms with van der Waals surface area (Å²) in [6.07, 6.45) is 0.514. The van der Waals surface area contributed by atoms with Gasteiger partial charge in [-0.15, -0.1) is 0 Å². The number of nitrogens with zero attached hydrogens (tertiary/aromatic N) is 3. The molecular formula is C5H5N3O3. The largest absolute Gasteiger partial charge is 0.390 e. The van der Waals surface area contributed by atoms with Crippen LogP contribution < -0.4 is 0 Å². The number of rotatable bonds is 2. The Morgan fingerprint density at radius 2 is 2.45 bits per heavy atom. The van der Waals surface area contributed by atoms with Crippen molar-refractivity contribution >= 4 is 12.1 Å². The molecule has 0 fully saturated rings. The lowest BCUT2D eigenvalue weighted by Gasteiger charge is -1.81.